The molecule has 0 aliphatic heterocycles. The minimum atomic E-state index is -0.456. The highest BCUT2D eigenvalue weighted by Gasteiger charge is 2.08. The van der Waals surface area contributed by atoms with Crippen LogP contribution in [0.4, 0.5) is 0 Å². The van der Waals surface area contributed by atoms with Gasteiger partial charge in [0.15, 0.2) is 6.61 Å². The second-order valence-corrected chi connectivity index (χ2v) is 5.33. The highest BCUT2D eigenvalue weighted by atomic mass is 16.5. The van der Waals surface area contributed by atoms with Crippen LogP contribution in [0.15, 0.2) is 54.6 Å². The van der Waals surface area contributed by atoms with Crippen molar-refractivity contribution in [2.24, 2.45) is 0 Å². The number of carbonyl (C=O) groups is 3. The van der Waals surface area contributed by atoms with Gasteiger partial charge in [-0.05, 0) is 30.3 Å². The molecule has 0 atom stereocenters. The molecule has 0 aromatic heterocycles. The second-order valence-electron chi connectivity index (χ2n) is 5.33. The van der Waals surface area contributed by atoms with Crippen LogP contribution < -0.4 is 20.1 Å². The van der Waals surface area contributed by atoms with E-state index >= 15 is 0 Å². The molecule has 0 aliphatic rings. The van der Waals surface area contributed by atoms with E-state index < -0.39 is 5.97 Å². The van der Waals surface area contributed by atoms with E-state index in [4.69, 9.17) is 9.47 Å². The molecular formula is C19H20N2O5. The van der Waals surface area contributed by atoms with E-state index in [0.29, 0.717) is 17.1 Å². The van der Waals surface area contributed by atoms with Crippen LogP contribution in [0.5, 0.6) is 11.5 Å². The lowest BCUT2D eigenvalue weighted by atomic mass is 10.2. The lowest BCUT2D eigenvalue weighted by Gasteiger charge is -2.09. The van der Waals surface area contributed by atoms with Gasteiger partial charge in [0, 0.05) is 25.6 Å². The smallest absolute Gasteiger partial charge is 0.308 e. The Hall–Kier alpha value is -3.35. The van der Waals surface area contributed by atoms with Gasteiger partial charge in [0.1, 0.15) is 11.5 Å². The molecule has 0 saturated heterocycles. The summed E-state index contributed by atoms with van der Waals surface area (Å²) in [4.78, 5) is 34.7. The van der Waals surface area contributed by atoms with Gasteiger partial charge in [0.05, 0.1) is 0 Å². The van der Waals surface area contributed by atoms with Crippen LogP contribution in [-0.2, 0) is 9.59 Å². The number of benzene rings is 2. The number of ether oxygens (including phenoxy) is 2. The molecule has 0 fully saturated rings. The molecule has 0 spiro atoms. The van der Waals surface area contributed by atoms with Crippen LogP contribution in [-0.4, -0.2) is 37.5 Å². The Balaban J connectivity index is 1.68. The Morgan fingerprint density at radius 2 is 1.58 bits per heavy atom. The minimum absolute atomic E-state index is 0.0949. The molecule has 0 heterocycles. The Morgan fingerprint density at radius 3 is 2.31 bits per heavy atom. The quantitative estimate of drug-likeness (QED) is 0.425. The standard InChI is InChI=1S/C19H20N2O5/c1-14(22)26-17-9-5-6-15(12-17)19(24)21-11-10-20-18(23)13-25-16-7-3-2-4-8-16/h2-9,12H,10-11,13H2,1H3,(H,20,23)(H,21,24). The van der Waals surface area contributed by atoms with Gasteiger partial charge in [-0.15, -0.1) is 0 Å². The molecule has 0 unspecified atom stereocenters. The number of rotatable bonds is 8. The van der Waals surface area contributed by atoms with Gasteiger partial charge in [-0.1, -0.05) is 24.3 Å². The largest absolute Gasteiger partial charge is 0.484 e. The molecule has 2 aromatic rings. The Labute approximate surface area is 151 Å². The average Bonchev–Trinajstić information content (AvgIpc) is 2.64. The van der Waals surface area contributed by atoms with E-state index in [1.807, 2.05) is 18.2 Å². The maximum Gasteiger partial charge on any atom is 0.308 e. The van der Waals surface area contributed by atoms with Crippen molar-refractivity contribution in [1.82, 2.24) is 10.6 Å². The van der Waals surface area contributed by atoms with E-state index in [9.17, 15) is 14.4 Å². The summed E-state index contributed by atoms with van der Waals surface area (Å²) in [6.45, 7) is 1.72. The van der Waals surface area contributed by atoms with Crippen molar-refractivity contribution in [2.75, 3.05) is 19.7 Å². The molecule has 0 aliphatic carbocycles. The van der Waals surface area contributed by atoms with Crippen LogP contribution in [0.3, 0.4) is 0 Å². The van der Waals surface area contributed by atoms with Crippen LogP contribution in [0.1, 0.15) is 17.3 Å². The first-order valence-electron chi connectivity index (χ1n) is 8.06. The van der Waals surface area contributed by atoms with E-state index in [0.717, 1.165) is 0 Å². The van der Waals surface area contributed by atoms with E-state index in [1.165, 1.54) is 13.0 Å². The summed E-state index contributed by atoms with van der Waals surface area (Å²) in [5.41, 5.74) is 0.363. The van der Waals surface area contributed by atoms with E-state index in [-0.39, 0.29) is 31.5 Å². The lowest BCUT2D eigenvalue weighted by molar-refractivity contribution is -0.131. The maximum absolute atomic E-state index is 12.0. The molecule has 26 heavy (non-hydrogen) atoms. The summed E-state index contributed by atoms with van der Waals surface area (Å²) < 4.78 is 10.3. The highest BCUT2D eigenvalue weighted by Crippen LogP contribution is 2.13. The van der Waals surface area contributed by atoms with Crippen molar-refractivity contribution in [2.45, 2.75) is 6.92 Å². The van der Waals surface area contributed by atoms with Gasteiger partial charge in [-0.25, -0.2) is 0 Å². The van der Waals surface area contributed by atoms with Gasteiger partial charge >= 0.3 is 5.97 Å². The van der Waals surface area contributed by atoms with Gasteiger partial charge in [-0.3, -0.25) is 14.4 Å². The number of amides is 2. The topological polar surface area (TPSA) is 93.7 Å². The third kappa shape index (κ3) is 6.64. The van der Waals surface area contributed by atoms with Crippen molar-refractivity contribution < 1.29 is 23.9 Å². The summed E-state index contributed by atoms with van der Waals surface area (Å²) in [6.07, 6.45) is 0. The Bertz CT molecular complexity index is 762. The molecule has 0 radical (unpaired) electrons. The Kier molecular flexibility index (Phi) is 7.17. The van der Waals surface area contributed by atoms with Crippen LogP contribution >= 0.6 is 0 Å². The molecule has 136 valence electrons. The van der Waals surface area contributed by atoms with E-state index in [1.54, 1.807) is 30.3 Å². The summed E-state index contributed by atoms with van der Waals surface area (Å²) in [5.74, 6) is -0.142. The Morgan fingerprint density at radius 1 is 0.885 bits per heavy atom. The predicted molar refractivity (Wildman–Crippen MR) is 95.0 cm³/mol. The number of nitrogens with one attached hydrogen (secondary N) is 2. The third-order valence-corrected chi connectivity index (χ3v) is 3.20. The van der Waals surface area contributed by atoms with Crippen LogP contribution in [0.2, 0.25) is 0 Å². The second kappa shape index (κ2) is 9.83. The number of hydrogen-bond acceptors (Lipinski definition) is 5. The molecule has 2 amide bonds. The van der Waals surface area contributed by atoms with Crippen molar-refractivity contribution in [3.05, 3.63) is 60.2 Å². The molecule has 7 heteroatoms. The number of esters is 1. The molecule has 0 bridgehead atoms. The third-order valence-electron chi connectivity index (χ3n) is 3.20. The minimum Gasteiger partial charge on any atom is -0.484 e. The lowest BCUT2D eigenvalue weighted by Crippen LogP contribution is -2.36. The van der Waals surface area contributed by atoms with Gasteiger partial charge in [-0.2, -0.15) is 0 Å². The van der Waals surface area contributed by atoms with Crippen molar-refractivity contribution in [3.8, 4) is 11.5 Å². The zero-order valence-corrected chi connectivity index (χ0v) is 14.4. The monoisotopic (exact) mass is 356 g/mol. The van der Waals surface area contributed by atoms with Crippen molar-refractivity contribution in [1.29, 1.82) is 0 Å². The molecule has 2 N–H and O–H groups in total. The van der Waals surface area contributed by atoms with Gasteiger partial charge < -0.3 is 20.1 Å². The summed E-state index contributed by atoms with van der Waals surface area (Å²) in [6, 6.07) is 15.3. The normalized spacial score (nSPS) is 9.88. The first-order chi connectivity index (χ1) is 12.5. The van der Waals surface area contributed by atoms with Crippen LogP contribution in [0, 0.1) is 0 Å². The van der Waals surface area contributed by atoms with E-state index in [2.05, 4.69) is 10.6 Å². The average molecular weight is 356 g/mol. The maximum atomic E-state index is 12.0. The number of para-hydroxylation sites is 1. The molecular weight excluding hydrogens is 336 g/mol. The van der Waals surface area contributed by atoms with Gasteiger partial charge in [0.2, 0.25) is 0 Å². The fraction of sp³-hybridized carbons (Fsp3) is 0.211. The summed E-state index contributed by atoms with van der Waals surface area (Å²) >= 11 is 0. The fourth-order valence-corrected chi connectivity index (χ4v) is 2.06. The number of carbonyl (C=O) groups excluding carboxylic acids is 3. The SMILES string of the molecule is CC(=O)Oc1cccc(C(=O)NCCNC(=O)COc2ccccc2)c1. The summed E-state index contributed by atoms with van der Waals surface area (Å²) in [7, 11) is 0. The fourth-order valence-electron chi connectivity index (χ4n) is 2.06. The molecule has 2 rings (SSSR count). The summed E-state index contributed by atoms with van der Waals surface area (Å²) in [5, 5.41) is 5.32. The molecule has 2 aromatic carbocycles. The van der Waals surface area contributed by atoms with Crippen molar-refractivity contribution >= 4 is 17.8 Å². The molecule has 0 saturated carbocycles. The van der Waals surface area contributed by atoms with Crippen LogP contribution in [0.25, 0.3) is 0 Å². The predicted octanol–water partition coefficient (Wildman–Crippen LogP) is 1.54. The first-order valence-corrected chi connectivity index (χ1v) is 8.06. The first kappa shape index (κ1) is 19.0. The molecule has 7 nitrogen and oxygen atoms in total. The highest BCUT2D eigenvalue weighted by molar-refractivity contribution is 5.94. The zero-order chi connectivity index (χ0) is 18.8. The van der Waals surface area contributed by atoms with Gasteiger partial charge in [0.25, 0.3) is 11.8 Å². The zero-order valence-electron chi connectivity index (χ0n) is 14.4. The van der Waals surface area contributed by atoms with Crippen molar-refractivity contribution in [3.63, 3.8) is 0 Å². The number of hydrogen-bond donors (Lipinski definition) is 2.